The van der Waals surface area contributed by atoms with Gasteiger partial charge < -0.3 is 5.11 Å². The van der Waals surface area contributed by atoms with Gasteiger partial charge in [0.25, 0.3) is 0 Å². The minimum atomic E-state index is -0.845. The van der Waals surface area contributed by atoms with Gasteiger partial charge in [-0.1, -0.05) is 31.0 Å². The Hall–Kier alpha value is -0.640. The quantitative estimate of drug-likeness (QED) is 0.902. The highest BCUT2D eigenvalue weighted by atomic mass is 35.5. The summed E-state index contributed by atoms with van der Waals surface area (Å²) in [7, 11) is 0. The molecule has 1 fully saturated rings. The van der Waals surface area contributed by atoms with E-state index in [4.69, 9.17) is 11.6 Å². The van der Waals surface area contributed by atoms with Crippen LogP contribution in [0.1, 0.15) is 51.2 Å². The summed E-state index contributed by atoms with van der Waals surface area (Å²) in [5, 5.41) is 11.1. The molecule has 1 heterocycles. The van der Waals surface area contributed by atoms with Crippen molar-refractivity contribution in [2.45, 2.75) is 51.2 Å². The summed E-state index contributed by atoms with van der Waals surface area (Å²) < 4.78 is 14.1. The van der Waals surface area contributed by atoms with Crippen LogP contribution in [0.4, 0.5) is 4.39 Å². The SMILES string of the molecule is CCC(C)(C(O)c1ccc(Cl)cc1F)N1CCCCC1. The van der Waals surface area contributed by atoms with E-state index in [0.717, 1.165) is 32.4 Å². The van der Waals surface area contributed by atoms with Gasteiger partial charge in [0, 0.05) is 16.1 Å². The molecule has 1 aliphatic rings. The molecule has 4 heteroatoms. The Balaban J connectivity index is 2.29. The van der Waals surface area contributed by atoms with Crippen molar-refractivity contribution in [3.8, 4) is 0 Å². The standard InChI is InChI=1S/C16H23ClFNO/c1-3-16(2,19-9-5-4-6-10-19)15(20)13-8-7-12(17)11-14(13)18/h7-8,11,15,20H,3-6,9-10H2,1-2H3. The lowest BCUT2D eigenvalue weighted by atomic mass is 9.83. The predicted molar refractivity (Wildman–Crippen MR) is 80.5 cm³/mol. The molecule has 1 N–H and O–H groups in total. The van der Waals surface area contributed by atoms with Crippen LogP contribution in [-0.4, -0.2) is 28.6 Å². The van der Waals surface area contributed by atoms with Crippen molar-refractivity contribution in [1.29, 1.82) is 0 Å². The van der Waals surface area contributed by atoms with Crippen molar-refractivity contribution in [2.75, 3.05) is 13.1 Å². The van der Waals surface area contributed by atoms with Gasteiger partial charge in [-0.3, -0.25) is 4.90 Å². The molecule has 112 valence electrons. The third-order valence-electron chi connectivity index (χ3n) is 4.64. The number of piperidine rings is 1. The molecule has 2 nitrogen and oxygen atoms in total. The number of hydrogen-bond acceptors (Lipinski definition) is 2. The summed E-state index contributed by atoms with van der Waals surface area (Å²) in [6.07, 6.45) is 3.46. The van der Waals surface area contributed by atoms with E-state index >= 15 is 0 Å². The molecule has 1 saturated heterocycles. The van der Waals surface area contributed by atoms with Crippen molar-refractivity contribution >= 4 is 11.6 Å². The maximum atomic E-state index is 14.1. The second-order valence-corrected chi connectivity index (χ2v) is 6.26. The van der Waals surface area contributed by atoms with E-state index in [9.17, 15) is 9.50 Å². The molecule has 2 rings (SSSR count). The smallest absolute Gasteiger partial charge is 0.130 e. The molecule has 2 atom stereocenters. The Kier molecular flexibility index (Phi) is 5.05. The van der Waals surface area contributed by atoms with Crippen LogP contribution in [0.25, 0.3) is 0 Å². The van der Waals surface area contributed by atoms with Crippen LogP contribution in [-0.2, 0) is 0 Å². The summed E-state index contributed by atoms with van der Waals surface area (Å²) >= 11 is 5.79. The molecule has 0 radical (unpaired) electrons. The number of halogens is 2. The number of aliphatic hydroxyl groups is 1. The topological polar surface area (TPSA) is 23.5 Å². The molecule has 0 saturated carbocycles. The van der Waals surface area contributed by atoms with Gasteiger partial charge in [0.2, 0.25) is 0 Å². The Morgan fingerprint density at radius 1 is 1.35 bits per heavy atom. The van der Waals surface area contributed by atoms with Crippen LogP contribution in [0.5, 0.6) is 0 Å². The Morgan fingerprint density at radius 2 is 2.00 bits per heavy atom. The van der Waals surface area contributed by atoms with E-state index in [-0.39, 0.29) is 0 Å². The van der Waals surface area contributed by atoms with Gasteiger partial charge in [-0.2, -0.15) is 0 Å². The van der Waals surface area contributed by atoms with E-state index in [1.54, 1.807) is 12.1 Å². The number of benzene rings is 1. The zero-order valence-corrected chi connectivity index (χ0v) is 13.0. The lowest BCUT2D eigenvalue weighted by Gasteiger charge is -2.46. The first-order valence-electron chi connectivity index (χ1n) is 7.37. The summed E-state index contributed by atoms with van der Waals surface area (Å²) in [6.45, 7) is 6.01. The first kappa shape index (κ1) is 15.7. The average Bonchev–Trinajstić information content (AvgIpc) is 2.46. The first-order chi connectivity index (χ1) is 9.49. The average molecular weight is 300 g/mol. The molecule has 0 bridgehead atoms. The molecular formula is C16H23ClFNO. The third kappa shape index (κ3) is 3.00. The second-order valence-electron chi connectivity index (χ2n) is 5.83. The van der Waals surface area contributed by atoms with E-state index in [2.05, 4.69) is 4.90 Å². The molecule has 0 amide bonds. The predicted octanol–water partition coefficient (Wildman–Crippen LogP) is 4.17. The summed E-state index contributed by atoms with van der Waals surface area (Å²) in [6, 6.07) is 4.50. The number of aliphatic hydroxyl groups excluding tert-OH is 1. The van der Waals surface area contributed by atoms with Crippen molar-refractivity contribution in [1.82, 2.24) is 4.90 Å². The van der Waals surface area contributed by atoms with Gasteiger partial charge >= 0.3 is 0 Å². The summed E-state index contributed by atoms with van der Waals surface area (Å²) in [5.41, 5.74) is -0.0981. The number of hydrogen-bond donors (Lipinski definition) is 1. The minimum Gasteiger partial charge on any atom is -0.386 e. The van der Waals surface area contributed by atoms with Crippen molar-refractivity contribution in [3.05, 3.63) is 34.6 Å². The van der Waals surface area contributed by atoms with Crippen LogP contribution < -0.4 is 0 Å². The first-order valence-corrected chi connectivity index (χ1v) is 7.75. The largest absolute Gasteiger partial charge is 0.386 e. The number of rotatable bonds is 4. The highest BCUT2D eigenvalue weighted by Gasteiger charge is 2.39. The Morgan fingerprint density at radius 3 is 2.55 bits per heavy atom. The minimum absolute atomic E-state index is 0.337. The highest BCUT2D eigenvalue weighted by Crippen LogP contribution is 2.37. The fraction of sp³-hybridized carbons (Fsp3) is 0.625. The normalized spacial score (nSPS) is 21.4. The van der Waals surface area contributed by atoms with Crippen LogP contribution in [0.15, 0.2) is 18.2 Å². The lowest BCUT2D eigenvalue weighted by molar-refractivity contribution is -0.0367. The maximum absolute atomic E-state index is 14.1. The van der Waals surface area contributed by atoms with Gasteiger partial charge in [0.15, 0.2) is 0 Å². The van der Waals surface area contributed by atoms with E-state index in [1.807, 2.05) is 13.8 Å². The molecule has 0 aromatic heterocycles. The zero-order valence-electron chi connectivity index (χ0n) is 12.2. The van der Waals surface area contributed by atoms with Crippen molar-refractivity contribution in [3.63, 3.8) is 0 Å². The zero-order chi connectivity index (χ0) is 14.8. The molecule has 1 aromatic carbocycles. The van der Waals surface area contributed by atoms with Gasteiger partial charge in [0.05, 0.1) is 6.10 Å². The second kappa shape index (κ2) is 6.42. The third-order valence-corrected chi connectivity index (χ3v) is 4.88. The van der Waals surface area contributed by atoms with Crippen molar-refractivity contribution < 1.29 is 9.50 Å². The summed E-state index contributed by atoms with van der Waals surface area (Å²) in [5.74, 6) is -0.429. The Labute approximate surface area is 125 Å². The summed E-state index contributed by atoms with van der Waals surface area (Å²) in [4.78, 5) is 2.30. The monoisotopic (exact) mass is 299 g/mol. The van der Waals surface area contributed by atoms with E-state index < -0.39 is 17.5 Å². The van der Waals surface area contributed by atoms with Crippen LogP contribution in [0, 0.1) is 5.82 Å². The highest BCUT2D eigenvalue weighted by molar-refractivity contribution is 6.30. The molecule has 2 unspecified atom stereocenters. The fourth-order valence-corrected chi connectivity index (χ4v) is 3.21. The van der Waals surface area contributed by atoms with Gasteiger partial charge in [-0.25, -0.2) is 4.39 Å². The molecule has 0 aliphatic carbocycles. The molecule has 1 aliphatic heterocycles. The van der Waals surface area contributed by atoms with Gasteiger partial charge in [-0.15, -0.1) is 0 Å². The van der Waals surface area contributed by atoms with Crippen LogP contribution in [0.3, 0.4) is 0 Å². The van der Waals surface area contributed by atoms with Gasteiger partial charge in [-0.05, 0) is 51.4 Å². The van der Waals surface area contributed by atoms with Crippen molar-refractivity contribution in [2.24, 2.45) is 0 Å². The molecule has 1 aromatic rings. The Bertz CT molecular complexity index is 462. The fourth-order valence-electron chi connectivity index (χ4n) is 3.05. The maximum Gasteiger partial charge on any atom is 0.130 e. The lowest BCUT2D eigenvalue weighted by Crippen LogP contribution is -2.52. The van der Waals surface area contributed by atoms with E-state index in [0.29, 0.717) is 10.6 Å². The van der Waals surface area contributed by atoms with Gasteiger partial charge in [0.1, 0.15) is 5.82 Å². The van der Waals surface area contributed by atoms with Crippen LogP contribution >= 0.6 is 11.6 Å². The number of likely N-dealkylation sites (tertiary alicyclic amines) is 1. The number of nitrogens with zero attached hydrogens (tertiary/aromatic N) is 1. The molecular weight excluding hydrogens is 277 g/mol. The molecule has 0 spiro atoms. The van der Waals surface area contributed by atoms with Crippen LogP contribution in [0.2, 0.25) is 5.02 Å². The van der Waals surface area contributed by atoms with E-state index in [1.165, 1.54) is 12.5 Å². The molecule has 20 heavy (non-hydrogen) atoms.